The Hall–Kier alpha value is -1.26. The molecule has 0 saturated heterocycles. The summed E-state index contributed by atoms with van der Waals surface area (Å²) in [5, 5.41) is 8.37. The molecule has 2 heterocycles. The second-order valence-corrected chi connectivity index (χ2v) is 6.03. The van der Waals surface area contributed by atoms with Gasteiger partial charge in [-0.05, 0) is 43.5 Å². The fourth-order valence-corrected chi connectivity index (χ4v) is 3.19. The maximum Gasteiger partial charge on any atom is 0.0676 e. The van der Waals surface area contributed by atoms with E-state index in [1.54, 1.807) is 0 Å². The Labute approximate surface area is 118 Å². The highest BCUT2D eigenvalue weighted by Gasteiger charge is 2.14. The van der Waals surface area contributed by atoms with E-state index in [2.05, 4.69) is 42.2 Å². The first-order valence-corrected chi connectivity index (χ1v) is 7.62. The fourth-order valence-electron chi connectivity index (χ4n) is 2.18. The van der Waals surface area contributed by atoms with Crippen molar-refractivity contribution < 1.29 is 0 Å². The number of aromatic nitrogens is 2. The van der Waals surface area contributed by atoms with E-state index in [0.29, 0.717) is 0 Å². The fraction of sp³-hybridized carbons (Fsp3) is 0.467. The number of nitrogens with two attached hydrogens (primary N) is 1. The highest BCUT2D eigenvalue weighted by molar-refractivity contribution is 7.11. The van der Waals surface area contributed by atoms with Crippen molar-refractivity contribution in [2.75, 3.05) is 0 Å². The normalized spacial score (nSPS) is 12.6. The molecule has 0 radical (unpaired) electrons. The summed E-state index contributed by atoms with van der Waals surface area (Å²) in [6, 6.07) is 6.47. The van der Waals surface area contributed by atoms with E-state index in [-0.39, 0.29) is 6.04 Å². The minimum absolute atomic E-state index is 0.00695. The minimum atomic E-state index is 0.00695. The zero-order valence-corrected chi connectivity index (χ0v) is 12.6. The molecule has 19 heavy (non-hydrogen) atoms. The Bertz CT molecular complexity index is 548. The first-order valence-electron chi connectivity index (χ1n) is 6.80. The van der Waals surface area contributed by atoms with Gasteiger partial charge < -0.3 is 5.73 Å². The van der Waals surface area contributed by atoms with Gasteiger partial charge in [0.2, 0.25) is 0 Å². The van der Waals surface area contributed by atoms with Crippen molar-refractivity contribution in [1.82, 2.24) is 10.2 Å². The molecule has 3 nitrogen and oxygen atoms in total. The van der Waals surface area contributed by atoms with Crippen molar-refractivity contribution in [2.45, 2.75) is 46.1 Å². The molecule has 0 aliphatic heterocycles. The van der Waals surface area contributed by atoms with Crippen molar-refractivity contribution >= 4 is 11.3 Å². The Morgan fingerprint density at radius 2 is 1.89 bits per heavy atom. The molecule has 0 aliphatic carbocycles. The molecule has 2 rings (SSSR count). The highest BCUT2D eigenvalue weighted by Crippen LogP contribution is 2.24. The predicted octanol–water partition coefficient (Wildman–Crippen LogP) is 3.21. The lowest BCUT2D eigenvalue weighted by Crippen LogP contribution is -2.16. The zero-order chi connectivity index (χ0) is 13.8. The number of thiophene rings is 1. The summed E-state index contributed by atoms with van der Waals surface area (Å²) in [7, 11) is 0. The van der Waals surface area contributed by atoms with Crippen LogP contribution >= 0.6 is 11.3 Å². The third-order valence-corrected chi connectivity index (χ3v) is 4.50. The SMILES string of the molecule is CCc1ccc(CC(N)c2cc(C)nnc2CC)s1. The molecule has 0 aliphatic rings. The summed E-state index contributed by atoms with van der Waals surface area (Å²) in [4.78, 5) is 2.77. The van der Waals surface area contributed by atoms with E-state index in [9.17, 15) is 0 Å². The molecular formula is C15H21N3S. The van der Waals surface area contributed by atoms with Crippen LogP contribution in [0.2, 0.25) is 0 Å². The van der Waals surface area contributed by atoms with Crippen LogP contribution in [0.1, 0.15) is 46.6 Å². The van der Waals surface area contributed by atoms with Gasteiger partial charge in [0.05, 0.1) is 11.4 Å². The number of hydrogen-bond donors (Lipinski definition) is 1. The van der Waals surface area contributed by atoms with Gasteiger partial charge in [-0.3, -0.25) is 0 Å². The van der Waals surface area contributed by atoms with Crippen LogP contribution in [-0.4, -0.2) is 10.2 Å². The van der Waals surface area contributed by atoms with Gasteiger partial charge >= 0.3 is 0 Å². The van der Waals surface area contributed by atoms with E-state index in [0.717, 1.165) is 36.2 Å². The second-order valence-electron chi connectivity index (χ2n) is 4.77. The second kappa shape index (κ2) is 6.26. The van der Waals surface area contributed by atoms with Gasteiger partial charge in [0.1, 0.15) is 0 Å². The van der Waals surface area contributed by atoms with Crippen molar-refractivity contribution in [3.8, 4) is 0 Å². The minimum Gasteiger partial charge on any atom is -0.324 e. The molecule has 4 heteroatoms. The van der Waals surface area contributed by atoms with Gasteiger partial charge in [-0.15, -0.1) is 11.3 Å². The maximum absolute atomic E-state index is 6.36. The Kier molecular flexibility index (Phi) is 4.66. The summed E-state index contributed by atoms with van der Waals surface area (Å²) in [6.07, 6.45) is 2.85. The van der Waals surface area contributed by atoms with Crippen LogP contribution < -0.4 is 5.73 Å². The standard InChI is InChI=1S/C15H21N3S/c1-4-11-6-7-12(19-11)9-14(16)13-8-10(3)17-18-15(13)5-2/h6-8,14H,4-5,9,16H2,1-3H3. The summed E-state index contributed by atoms with van der Waals surface area (Å²) in [5.74, 6) is 0. The Morgan fingerprint density at radius 3 is 2.53 bits per heavy atom. The molecule has 2 aromatic heterocycles. The maximum atomic E-state index is 6.36. The van der Waals surface area contributed by atoms with E-state index in [1.165, 1.54) is 9.75 Å². The first kappa shape index (κ1) is 14.2. The topological polar surface area (TPSA) is 51.8 Å². The lowest BCUT2D eigenvalue weighted by Gasteiger charge is -2.14. The summed E-state index contributed by atoms with van der Waals surface area (Å²) >= 11 is 1.86. The lowest BCUT2D eigenvalue weighted by atomic mass is 10.0. The molecule has 0 fully saturated rings. The van der Waals surface area contributed by atoms with Gasteiger partial charge in [0.15, 0.2) is 0 Å². The number of aryl methyl sites for hydroxylation is 3. The molecule has 2 aromatic rings. The molecule has 2 N–H and O–H groups in total. The average Bonchev–Trinajstić information content (AvgIpc) is 2.86. The van der Waals surface area contributed by atoms with Gasteiger partial charge in [0, 0.05) is 22.2 Å². The lowest BCUT2D eigenvalue weighted by molar-refractivity contribution is 0.698. The zero-order valence-electron chi connectivity index (χ0n) is 11.8. The molecule has 0 amide bonds. The van der Waals surface area contributed by atoms with E-state index in [4.69, 9.17) is 5.73 Å². The van der Waals surface area contributed by atoms with Crippen molar-refractivity contribution in [3.63, 3.8) is 0 Å². The summed E-state index contributed by atoms with van der Waals surface area (Å²) < 4.78 is 0. The predicted molar refractivity (Wildman–Crippen MR) is 80.5 cm³/mol. The highest BCUT2D eigenvalue weighted by atomic mass is 32.1. The van der Waals surface area contributed by atoms with Crippen LogP contribution in [0.3, 0.4) is 0 Å². The number of rotatable bonds is 5. The van der Waals surface area contributed by atoms with Gasteiger partial charge in [0.25, 0.3) is 0 Å². The average molecular weight is 275 g/mol. The van der Waals surface area contributed by atoms with Crippen molar-refractivity contribution in [3.05, 3.63) is 44.9 Å². The van der Waals surface area contributed by atoms with E-state index >= 15 is 0 Å². The third kappa shape index (κ3) is 3.39. The van der Waals surface area contributed by atoms with Gasteiger partial charge in [-0.1, -0.05) is 13.8 Å². The molecule has 0 bridgehead atoms. The van der Waals surface area contributed by atoms with Crippen molar-refractivity contribution in [1.29, 1.82) is 0 Å². The van der Waals surface area contributed by atoms with Crippen LogP contribution in [0.4, 0.5) is 0 Å². The van der Waals surface area contributed by atoms with Crippen LogP contribution in [0.5, 0.6) is 0 Å². The molecular weight excluding hydrogens is 254 g/mol. The van der Waals surface area contributed by atoms with Crippen LogP contribution in [0, 0.1) is 6.92 Å². The van der Waals surface area contributed by atoms with Gasteiger partial charge in [-0.25, -0.2) is 0 Å². The van der Waals surface area contributed by atoms with Crippen molar-refractivity contribution in [2.24, 2.45) is 5.73 Å². The smallest absolute Gasteiger partial charge is 0.0676 e. The monoisotopic (exact) mass is 275 g/mol. The molecule has 102 valence electrons. The van der Waals surface area contributed by atoms with E-state index in [1.807, 2.05) is 18.3 Å². The number of nitrogens with zero attached hydrogens (tertiary/aromatic N) is 2. The van der Waals surface area contributed by atoms with Crippen LogP contribution in [0.25, 0.3) is 0 Å². The molecule has 1 atom stereocenters. The third-order valence-electron chi connectivity index (χ3n) is 3.25. The largest absolute Gasteiger partial charge is 0.324 e. The summed E-state index contributed by atoms with van der Waals surface area (Å²) in [5.41, 5.74) is 9.45. The number of hydrogen-bond acceptors (Lipinski definition) is 4. The Balaban J connectivity index is 2.19. The quantitative estimate of drug-likeness (QED) is 0.911. The molecule has 0 saturated carbocycles. The van der Waals surface area contributed by atoms with Gasteiger partial charge in [-0.2, -0.15) is 10.2 Å². The Morgan fingerprint density at radius 1 is 1.16 bits per heavy atom. The van der Waals surface area contributed by atoms with E-state index < -0.39 is 0 Å². The van der Waals surface area contributed by atoms with Crippen LogP contribution in [0.15, 0.2) is 18.2 Å². The van der Waals surface area contributed by atoms with Crippen LogP contribution in [-0.2, 0) is 19.3 Å². The molecule has 0 aromatic carbocycles. The summed E-state index contributed by atoms with van der Waals surface area (Å²) in [6.45, 7) is 6.24. The molecule has 1 unspecified atom stereocenters. The molecule has 0 spiro atoms. The first-order chi connectivity index (χ1) is 9.13.